The number of nitrogens with zero attached hydrogens (tertiary/aromatic N) is 24. The molecular formula is C84H99N25O9S7. The van der Waals surface area contributed by atoms with Crippen LogP contribution in [0.5, 0.6) is 0 Å². The minimum absolute atomic E-state index is 0.126. The molecule has 0 radical (unpaired) electrons. The van der Waals surface area contributed by atoms with Crippen molar-refractivity contribution in [2.75, 3.05) is 77.6 Å². The number of amidine groups is 1. The molecule has 13 aromatic rings. The first kappa shape index (κ1) is 91.6. The number of imidazole rings is 4. The number of carbonyl (C=O) groups excluding carboxylic acids is 1. The predicted molar refractivity (Wildman–Crippen MR) is 504 cm³/mol. The van der Waals surface area contributed by atoms with E-state index >= 15 is 0 Å². The summed E-state index contributed by atoms with van der Waals surface area (Å²) in [5.41, 5.74) is 10.5. The maximum Gasteiger partial charge on any atom is 0.332 e. The Hall–Kier alpha value is -11.1. The van der Waals surface area contributed by atoms with Gasteiger partial charge in [0.05, 0.1) is 62.6 Å². The lowest BCUT2D eigenvalue weighted by atomic mass is 10.2. The molecule has 3 aromatic carbocycles. The van der Waals surface area contributed by atoms with Crippen molar-refractivity contribution in [2.45, 2.75) is 58.0 Å². The van der Waals surface area contributed by atoms with Crippen molar-refractivity contribution in [1.82, 2.24) is 103 Å². The molecule has 41 heteroatoms. The van der Waals surface area contributed by atoms with E-state index in [0.29, 0.717) is 77.7 Å². The van der Waals surface area contributed by atoms with Crippen molar-refractivity contribution >= 4 is 164 Å². The molecule has 125 heavy (non-hydrogen) atoms. The third-order valence-corrected chi connectivity index (χ3v) is 26.3. The highest BCUT2D eigenvalue weighted by Gasteiger charge is 2.27. The molecule has 5 aliphatic rings. The van der Waals surface area contributed by atoms with E-state index < -0.39 is 0 Å². The summed E-state index contributed by atoms with van der Waals surface area (Å²) in [4.78, 5) is 115. The number of fused-ring (bicyclic) bond motifs is 6. The van der Waals surface area contributed by atoms with Crippen molar-refractivity contribution in [3.8, 4) is 0 Å². The third kappa shape index (κ3) is 20.1. The van der Waals surface area contributed by atoms with Crippen LogP contribution >= 0.6 is 85.1 Å². The fraction of sp³-hybridized carbons (Fsp3) is 0.393. The first-order valence-electron chi connectivity index (χ1n) is 40.3. The molecule has 14 heterocycles. The van der Waals surface area contributed by atoms with Crippen LogP contribution in [0.4, 0.5) is 11.6 Å². The summed E-state index contributed by atoms with van der Waals surface area (Å²) in [6.45, 7) is 13.9. The van der Waals surface area contributed by atoms with Gasteiger partial charge in [0.15, 0.2) is 27.4 Å². The number of benzene rings is 3. The van der Waals surface area contributed by atoms with Crippen molar-refractivity contribution in [3.05, 3.63) is 240 Å². The largest absolute Gasteiger partial charge is 0.379 e. The Morgan fingerprint density at radius 3 is 1.50 bits per heavy atom. The number of hydrogen-bond donors (Lipinski definition) is 1. The number of nitrogens with one attached hydrogen (secondary N) is 1. The number of carbonyl (C=O) groups is 1. The number of ether oxygens (including phenoxy) is 2. The van der Waals surface area contributed by atoms with Gasteiger partial charge in [-0.15, -0.1) is 11.8 Å². The normalized spacial score (nSPS) is 14.7. The minimum Gasteiger partial charge on any atom is -0.379 e. The summed E-state index contributed by atoms with van der Waals surface area (Å²) < 4.78 is 39.7. The molecule has 34 nitrogen and oxygen atoms in total. The average Bonchev–Trinajstić information content (AvgIpc) is 1.63. The van der Waals surface area contributed by atoms with E-state index in [1.54, 1.807) is 105 Å². The highest BCUT2D eigenvalue weighted by Crippen LogP contribution is 2.34. The van der Waals surface area contributed by atoms with Gasteiger partial charge in [-0.1, -0.05) is 152 Å². The van der Waals surface area contributed by atoms with Crippen LogP contribution in [0.2, 0.25) is 0 Å². The Morgan fingerprint density at radius 2 is 0.960 bits per heavy atom. The third-order valence-electron chi connectivity index (χ3n) is 22.4. The number of aryl methyl sites for hydroxylation is 5. The molecule has 3 fully saturated rings. The second-order valence-corrected chi connectivity index (χ2v) is 34.2. The van der Waals surface area contributed by atoms with Crippen LogP contribution in [0.3, 0.4) is 0 Å². The van der Waals surface area contributed by atoms with Crippen LogP contribution in [-0.2, 0) is 132 Å². The van der Waals surface area contributed by atoms with E-state index in [-0.39, 0.29) is 44.6 Å². The Morgan fingerprint density at radius 1 is 0.488 bits per heavy atom. The molecule has 0 unspecified atom stereocenters. The number of hydrogen-bond acceptors (Lipinski definition) is 24. The number of thioether (sulfide) groups is 1. The van der Waals surface area contributed by atoms with E-state index in [9.17, 15) is 33.6 Å². The topological polar surface area (TPSA) is 312 Å². The molecule has 1 aliphatic carbocycles. The summed E-state index contributed by atoms with van der Waals surface area (Å²) >= 11 is 34.1. The number of aliphatic imine (C=N–C) groups is 2. The smallest absolute Gasteiger partial charge is 0.332 e. The zero-order chi connectivity index (χ0) is 89.5. The van der Waals surface area contributed by atoms with Gasteiger partial charge in [0.25, 0.3) is 11.5 Å². The first-order valence-corrected chi connectivity index (χ1v) is 43.8. The molecule has 18 rings (SSSR count). The summed E-state index contributed by atoms with van der Waals surface area (Å²) in [6, 6.07) is 28.2. The summed E-state index contributed by atoms with van der Waals surface area (Å²) in [6.07, 6.45) is 13.7. The molecule has 0 bridgehead atoms. The summed E-state index contributed by atoms with van der Waals surface area (Å²) in [5.74, 6) is 3.64. The van der Waals surface area contributed by atoms with Crippen molar-refractivity contribution in [2.24, 2.45) is 100 Å². The van der Waals surface area contributed by atoms with Crippen LogP contribution in [0.25, 0.3) is 50.7 Å². The summed E-state index contributed by atoms with van der Waals surface area (Å²) in [7, 11) is 20.4. The summed E-state index contributed by atoms with van der Waals surface area (Å²) in [5, 5.41) is 4.21. The second-order valence-electron chi connectivity index (χ2n) is 30.9. The maximum atomic E-state index is 12.4. The number of allylic oxidation sites excluding steroid dienone is 1. The van der Waals surface area contributed by atoms with Crippen LogP contribution < -0.4 is 39.3 Å². The molecule has 0 atom stereocenters. The molecule has 0 amide bonds. The molecule has 1 saturated carbocycles. The van der Waals surface area contributed by atoms with E-state index in [1.807, 2.05) is 80.9 Å². The van der Waals surface area contributed by atoms with Gasteiger partial charge in [0, 0.05) is 174 Å². The molecule has 2 saturated heterocycles. The Bertz CT molecular complexity index is 7190. The zero-order valence-corrected chi connectivity index (χ0v) is 77.5. The van der Waals surface area contributed by atoms with Crippen LogP contribution in [0.1, 0.15) is 51.0 Å². The molecule has 10 aromatic heterocycles. The Labute approximate surface area is 752 Å². The zero-order valence-electron chi connectivity index (χ0n) is 71.8. The molecule has 0 spiro atoms. The SMILES string of the molecule is Cc1ccc(CSC2=Nc3c(c(=S)n(C)c(=S)n3C)C2)cc1.Cn1c(=S)c2c(ncn2C(=O)/C=C/c2ccccc2)n(C)c1=O.Cn1c(=S)c2c(ncn2CC2CC2)n(C)c1=O.Cn1c(=S)c2c(ncn2CCN2CCOCC2)n(C)c1=O.Cn1c(=S)c2c(ncn2Cc2ccccc2)n(C)c1=O.Cn1c2c(c(=O)n(C)c1=O)CC(=NCCN1CCOCC1)N2. The van der Waals surface area contributed by atoms with E-state index in [1.165, 1.54) is 84.5 Å². The van der Waals surface area contributed by atoms with E-state index in [2.05, 4.69) is 87.9 Å². The highest BCUT2D eigenvalue weighted by atomic mass is 32.2. The maximum absolute atomic E-state index is 12.4. The number of aromatic nitrogens is 20. The highest BCUT2D eigenvalue weighted by molar-refractivity contribution is 8.13. The average molecular weight is 1830 g/mol. The van der Waals surface area contributed by atoms with E-state index in [0.717, 1.165) is 156 Å². The predicted octanol–water partition coefficient (Wildman–Crippen LogP) is 8.79. The monoisotopic (exact) mass is 1830 g/mol. The van der Waals surface area contributed by atoms with Gasteiger partial charge in [-0.05, 0) is 60.7 Å². The number of morpholine rings is 2. The van der Waals surface area contributed by atoms with Gasteiger partial charge in [-0.2, -0.15) is 0 Å². The van der Waals surface area contributed by atoms with Crippen LogP contribution in [-0.4, -0.2) is 192 Å². The lowest BCUT2D eigenvalue weighted by molar-refractivity contribution is 0.0365. The van der Waals surface area contributed by atoms with Crippen LogP contribution in [0, 0.1) is 40.8 Å². The fourth-order valence-electron chi connectivity index (χ4n) is 14.6. The molecule has 656 valence electrons. The number of anilines is 1. The lowest BCUT2D eigenvalue weighted by Gasteiger charge is -2.26. The standard InChI is InChI=1S/C16H14N4O2S.C16H17N3S3.C14H21N5O3.C14H14N4OS.C13H19N5O2S.C11H14N4OS/c1-18-14-13(15(23)19(2)16(18)22)20(10-17-14)12(21)9-8-11-6-4-3-5-7-11;1-10-4-6-11(7-5-10)9-22-13-8-12-14(17-13)18(2)16(21)19(3)15(12)20;1-17-12-10(13(20)18(2)14(17)21)9-11(16-12)15-3-4-19-5-7-22-8-6-19;1-16-12-11(13(20)17(2)14(16)19)18(9-15-12)8-10-6-4-3-5-7-10;1-15-11-10(12(21)16(2)13(15)19)18(9-14-11)4-3-17-5-7-20-8-6-17;1-13-9-8(10(17)14(2)11(13)16)15(6-12-9)5-7-3-4-7/h3-10H,1-2H3;4-7H,8-9H2,1-3H3;3-9H2,1-2H3,(H,15,16);3-7,9H,8H2,1-2H3;9H,3-8H2,1-2H3;6-7H,3-5H2,1-2H3/b9-8+;;;;;. The van der Waals surface area contributed by atoms with E-state index in [4.69, 9.17) is 87.8 Å². The first-order chi connectivity index (χ1) is 59.8. The van der Waals surface area contributed by atoms with Gasteiger partial charge in [-0.25, -0.2) is 48.9 Å². The van der Waals surface area contributed by atoms with Gasteiger partial charge in [0.2, 0.25) is 0 Å². The van der Waals surface area contributed by atoms with Crippen LogP contribution in [0.15, 0.2) is 155 Å². The quantitative estimate of drug-likeness (QED) is 0.0785. The van der Waals surface area contributed by atoms with Gasteiger partial charge in [-0.3, -0.25) is 74.6 Å². The van der Waals surface area contributed by atoms with Crippen molar-refractivity contribution in [1.29, 1.82) is 0 Å². The molecule has 1 N–H and O–H groups in total. The van der Waals surface area contributed by atoms with Crippen molar-refractivity contribution in [3.63, 3.8) is 0 Å². The Balaban J connectivity index is 0.000000129. The fourth-order valence-corrected chi connectivity index (χ4v) is 17.2. The van der Waals surface area contributed by atoms with Crippen molar-refractivity contribution < 1.29 is 14.3 Å². The molecular weight excluding hydrogens is 1730 g/mol. The number of rotatable bonds is 14. The Kier molecular flexibility index (Phi) is 29.3. The molecule has 4 aliphatic heterocycles. The minimum atomic E-state index is -0.328. The van der Waals surface area contributed by atoms with Gasteiger partial charge in [0.1, 0.15) is 69.1 Å². The van der Waals surface area contributed by atoms with Gasteiger partial charge < -0.3 is 37.6 Å². The second kappa shape index (κ2) is 40.0. The lowest BCUT2D eigenvalue weighted by Crippen LogP contribution is -2.38. The van der Waals surface area contributed by atoms with Gasteiger partial charge >= 0.3 is 28.4 Å².